The van der Waals surface area contributed by atoms with Crippen molar-refractivity contribution >= 4 is 46.6 Å². The Balaban J connectivity index is 2.30. The molecule has 0 aliphatic carbocycles. The van der Waals surface area contributed by atoms with Gasteiger partial charge in [0.15, 0.2) is 0 Å². The molecule has 2 rings (SSSR count). The molecular formula is C20H18ClN3O3S. The van der Waals surface area contributed by atoms with E-state index in [0.29, 0.717) is 16.4 Å². The molecule has 0 saturated heterocycles. The highest BCUT2D eigenvalue weighted by molar-refractivity contribution is 8.03. The molecule has 144 valence electrons. The molecule has 0 unspecified atom stereocenters. The van der Waals surface area contributed by atoms with Crippen LogP contribution in [0.1, 0.15) is 6.92 Å². The zero-order valence-electron chi connectivity index (χ0n) is 15.1. The first-order valence-corrected chi connectivity index (χ1v) is 9.72. The van der Waals surface area contributed by atoms with Crippen molar-refractivity contribution in [3.8, 4) is 6.07 Å². The molecule has 6 nitrogen and oxygen atoms in total. The van der Waals surface area contributed by atoms with Gasteiger partial charge in [0.05, 0.1) is 28.1 Å². The molecule has 0 bridgehead atoms. The summed E-state index contributed by atoms with van der Waals surface area (Å²) in [6.45, 7) is 1.96. The van der Waals surface area contributed by atoms with E-state index in [1.165, 1.54) is 0 Å². The van der Waals surface area contributed by atoms with E-state index in [1.807, 2.05) is 24.3 Å². The van der Waals surface area contributed by atoms with Gasteiger partial charge in [-0.25, -0.2) is 0 Å². The molecule has 0 radical (unpaired) electrons. The van der Waals surface area contributed by atoms with Gasteiger partial charge in [0.2, 0.25) is 0 Å². The maximum atomic E-state index is 12.7. The number of nitrogens with one attached hydrogen (secondary N) is 2. The van der Waals surface area contributed by atoms with E-state index in [-0.39, 0.29) is 23.0 Å². The second-order valence-corrected chi connectivity index (χ2v) is 6.73. The molecule has 2 aromatic carbocycles. The normalized spacial score (nSPS) is 11.0. The topological polar surface area (TPSA) is 91.2 Å². The minimum atomic E-state index is -0.634. The zero-order chi connectivity index (χ0) is 20.4. The molecule has 0 aliphatic rings. The average molecular weight is 416 g/mol. The number of nitrogens with zero attached hydrogens (tertiary/aromatic N) is 1. The van der Waals surface area contributed by atoms with E-state index in [9.17, 15) is 14.9 Å². The first-order valence-electron chi connectivity index (χ1n) is 8.36. The van der Waals surface area contributed by atoms with Crippen LogP contribution in [0, 0.1) is 11.3 Å². The van der Waals surface area contributed by atoms with E-state index in [4.69, 9.17) is 16.3 Å². The van der Waals surface area contributed by atoms with Crippen molar-refractivity contribution < 1.29 is 14.3 Å². The number of carbonyl (C=O) groups excluding carboxylic acids is 2. The van der Waals surface area contributed by atoms with Gasteiger partial charge in [-0.3, -0.25) is 9.59 Å². The Morgan fingerprint density at radius 2 is 1.79 bits per heavy atom. The lowest BCUT2D eigenvalue weighted by molar-refractivity contribution is -0.139. The third-order valence-corrected chi connectivity index (χ3v) is 4.66. The van der Waals surface area contributed by atoms with Gasteiger partial charge >= 0.3 is 5.97 Å². The number of ether oxygens (including phenoxy) is 1. The molecule has 2 aromatic rings. The number of hydrogen-bond donors (Lipinski definition) is 2. The number of thioether (sulfide) groups is 1. The van der Waals surface area contributed by atoms with Crippen molar-refractivity contribution in [3.05, 3.63) is 70.2 Å². The van der Waals surface area contributed by atoms with Gasteiger partial charge < -0.3 is 15.4 Å². The minimum absolute atomic E-state index is 0.0481. The van der Waals surface area contributed by atoms with Gasteiger partial charge in [-0.2, -0.15) is 5.26 Å². The van der Waals surface area contributed by atoms with Gasteiger partial charge in [-0.05, 0) is 31.2 Å². The largest absolute Gasteiger partial charge is 0.465 e. The van der Waals surface area contributed by atoms with Crippen LogP contribution >= 0.6 is 23.4 Å². The van der Waals surface area contributed by atoms with Crippen LogP contribution in [-0.4, -0.2) is 24.2 Å². The quantitative estimate of drug-likeness (QED) is 0.376. The molecule has 0 spiro atoms. The van der Waals surface area contributed by atoms with Crippen LogP contribution in [0.3, 0.4) is 0 Å². The Kier molecular flexibility index (Phi) is 8.40. The number of anilines is 2. The SMILES string of the molecule is CCOC(=O)CSC(Nc1ccccc1)=C(C#N)C(=O)Nc1ccccc1Cl. The summed E-state index contributed by atoms with van der Waals surface area (Å²) in [5.74, 6) is -1.12. The smallest absolute Gasteiger partial charge is 0.316 e. The summed E-state index contributed by atoms with van der Waals surface area (Å²) >= 11 is 7.09. The molecular weight excluding hydrogens is 398 g/mol. The van der Waals surface area contributed by atoms with Gasteiger partial charge in [0, 0.05) is 5.69 Å². The molecule has 0 fully saturated rings. The average Bonchev–Trinajstić information content (AvgIpc) is 2.69. The molecule has 0 aliphatic heterocycles. The predicted molar refractivity (Wildman–Crippen MR) is 112 cm³/mol. The number of esters is 1. The highest BCUT2D eigenvalue weighted by atomic mass is 35.5. The van der Waals surface area contributed by atoms with Gasteiger partial charge in [-0.1, -0.05) is 53.7 Å². The lowest BCUT2D eigenvalue weighted by atomic mass is 10.2. The van der Waals surface area contributed by atoms with Crippen molar-refractivity contribution in [1.29, 1.82) is 5.26 Å². The lowest BCUT2D eigenvalue weighted by Gasteiger charge is -2.13. The van der Waals surface area contributed by atoms with Crippen molar-refractivity contribution in [2.75, 3.05) is 23.0 Å². The van der Waals surface area contributed by atoms with Crippen molar-refractivity contribution in [3.63, 3.8) is 0 Å². The first-order chi connectivity index (χ1) is 13.5. The number of benzene rings is 2. The van der Waals surface area contributed by atoms with E-state index >= 15 is 0 Å². The molecule has 0 heterocycles. The Morgan fingerprint density at radius 3 is 2.43 bits per heavy atom. The van der Waals surface area contributed by atoms with Crippen LogP contribution in [0.15, 0.2) is 65.2 Å². The molecule has 0 atom stereocenters. The summed E-state index contributed by atoms with van der Waals surface area (Å²) in [7, 11) is 0. The molecule has 28 heavy (non-hydrogen) atoms. The van der Waals surface area contributed by atoms with Crippen molar-refractivity contribution in [2.45, 2.75) is 6.92 Å². The molecule has 1 amide bonds. The summed E-state index contributed by atoms with van der Waals surface area (Å²) in [6, 6.07) is 17.7. The summed E-state index contributed by atoms with van der Waals surface area (Å²) in [5, 5.41) is 15.8. The minimum Gasteiger partial charge on any atom is -0.465 e. The molecule has 2 N–H and O–H groups in total. The van der Waals surface area contributed by atoms with E-state index in [1.54, 1.807) is 43.3 Å². The number of amides is 1. The fourth-order valence-corrected chi connectivity index (χ4v) is 3.11. The van der Waals surface area contributed by atoms with Crippen LogP contribution in [-0.2, 0) is 14.3 Å². The maximum absolute atomic E-state index is 12.7. The number of nitriles is 1. The maximum Gasteiger partial charge on any atom is 0.316 e. The second kappa shape index (κ2) is 11.0. The number of carbonyl (C=O) groups is 2. The van der Waals surface area contributed by atoms with Gasteiger partial charge in [0.1, 0.15) is 11.6 Å². The van der Waals surface area contributed by atoms with Crippen LogP contribution in [0.2, 0.25) is 5.02 Å². The van der Waals surface area contributed by atoms with E-state index in [2.05, 4.69) is 10.6 Å². The van der Waals surface area contributed by atoms with Crippen LogP contribution < -0.4 is 10.6 Å². The van der Waals surface area contributed by atoms with Gasteiger partial charge in [-0.15, -0.1) is 0 Å². The summed E-state index contributed by atoms with van der Waals surface area (Å²) in [4.78, 5) is 24.4. The highest BCUT2D eigenvalue weighted by Crippen LogP contribution is 2.25. The van der Waals surface area contributed by atoms with Crippen LogP contribution in [0.25, 0.3) is 0 Å². The van der Waals surface area contributed by atoms with Crippen LogP contribution in [0.4, 0.5) is 11.4 Å². The third-order valence-electron chi connectivity index (χ3n) is 3.36. The summed E-state index contributed by atoms with van der Waals surface area (Å²) in [5.41, 5.74) is 0.890. The van der Waals surface area contributed by atoms with E-state index < -0.39 is 11.9 Å². The Labute approximate surface area is 172 Å². The Morgan fingerprint density at radius 1 is 1.11 bits per heavy atom. The molecule has 8 heteroatoms. The van der Waals surface area contributed by atoms with Crippen molar-refractivity contribution in [2.24, 2.45) is 0 Å². The fourth-order valence-electron chi connectivity index (χ4n) is 2.11. The third kappa shape index (κ3) is 6.34. The number of hydrogen-bond acceptors (Lipinski definition) is 6. The molecule has 0 saturated carbocycles. The van der Waals surface area contributed by atoms with Crippen LogP contribution in [0.5, 0.6) is 0 Å². The van der Waals surface area contributed by atoms with E-state index in [0.717, 1.165) is 11.8 Å². The number of para-hydroxylation sites is 2. The molecule has 0 aromatic heterocycles. The fraction of sp³-hybridized carbons (Fsp3) is 0.150. The Hall–Kier alpha value is -2.95. The summed E-state index contributed by atoms with van der Waals surface area (Å²) < 4.78 is 4.92. The number of rotatable bonds is 8. The van der Waals surface area contributed by atoms with Crippen molar-refractivity contribution in [1.82, 2.24) is 0 Å². The predicted octanol–water partition coefficient (Wildman–Crippen LogP) is 4.42. The second-order valence-electron chi connectivity index (χ2n) is 5.33. The number of halogens is 1. The lowest BCUT2D eigenvalue weighted by Crippen LogP contribution is -2.18. The Bertz CT molecular complexity index is 910. The zero-order valence-corrected chi connectivity index (χ0v) is 16.6. The highest BCUT2D eigenvalue weighted by Gasteiger charge is 2.19. The summed E-state index contributed by atoms with van der Waals surface area (Å²) in [6.07, 6.45) is 0. The standard InChI is InChI=1S/C20H18ClN3O3S/c1-2-27-18(25)13-28-20(23-14-8-4-3-5-9-14)15(12-22)19(26)24-17-11-7-6-10-16(17)21/h3-11,23H,2,13H2,1H3,(H,24,26). The first kappa shape index (κ1) is 21.4. The monoisotopic (exact) mass is 415 g/mol. The van der Waals surface area contributed by atoms with Gasteiger partial charge in [0.25, 0.3) is 5.91 Å².